The molecule has 0 N–H and O–H groups in total. The summed E-state index contributed by atoms with van der Waals surface area (Å²) in [6.07, 6.45) is -5.57. The van der Waals surface area contributed by atoms with Crippen LogP contribution in [0, 0.1) is 5.82 Å². The van der Waals surface area contributed by atoms with Crippen molar-refractivity contribution in [1.82, 2.24) is 0 Å². The number of hydrogen-bond donors (Lipinski definition) is 0. The zero-order chi connectivity index (χ0) is 11.6. The number of hydrogen-bond acceptors (Lipinski definition) is 0. The molecule has 0 unspecified atom stereocenters. The van der Waals surface area contributed by atoms with Crippen LogP contribution in [0.2, 0.25) is 0 Å². The third-order valence-corrected chi connectivity index (χ3v) is 2.13. The number of halogens is 4. The van der Waals surface area contributed by atoms with Gasteiger partial charge in [-0.2, -0.15) is 13.2 Å². The van der Waals surface area contributed by atoms with Gasteiger partial charge in [-0.25, -0.2) is 4.39 Å². The van der Waals surface area contributed by atoms with Crippen LogP contribution < -0.4 is 0 Å². The van der Waals surface area contributed by atoms with Crippen LogP contribution in [0.3, 0.4) is 0 Å². The van der Waals surface area contributed by atoms with Crippen molar-refractivity contribution in [3.05, 3.63) is 35.1 Å². The molecule has 1 rings (SSSR count). The minimum atomic E-state index is -4.36. The molecule has 0 aliphatic rings. The van der Waals surface area contributed by atoms with Crippen molar-refractivity contribution in [3.8, 4) is 0 Å². The summed E-state index contributed by atoms with van der Waals surface area (Å²) in [7, 11) is 0. The third kappa shape index (κ3) is 3.53. The standard InChI is InChI=1S/C11H12F4/c1-7(2)8-3-4-9(10(12)5-8)6-11(13,14)15/h3-5,7H,6H2,1-2H3. The van der Waals surface area contributed by atoms with Gasteiger partial charge in [-0.15, -0.1) is 0 Å². The zero-order valence-corrected chi connectivity index (χ0v) is 8.53. The van der Waals surface area contributed by atoms with Gasteiger partial charge in [-0.1, -0.05) is 26.0 Å². The van der Waals surface area contributed by atoms with Crippen molar-refractivity contribution in [3.63, 3.8) is 0 Å². The second-order valence-corrected chi connectivity index (χ2v) is 3.80. The quantitative estimate of drug-likeness (QED) is 0.659. The highest BCUT2D eigenvalue weighted by atomic mass is 19.4. The Bertz CT molecular complexity index is 339. The van der Waals surface area contributed by atoms with Gasteiger partial charge in [-0.05, 0) is 23.1 Å². The Hall–Kier alpha value is -1.06. The highest BCUT2D eigenvalue weighted by Crippen LogP contribution is 2.25. The highest BCUT2D eigenvalue weighted by Gasteiger charge is 2.29. The molecule has 0 saturated carbocycles. The predicted molar refractivity (Wildman–Crippen MR) is 50.2 cm³/mol. The Kier molecular flexibility index (Phi) is 3.37. The van der Waals surface area contributed by atoms with Crippen LogP contribution in [-0.4, -0.2) is 6.18 Å². The van der Waals surface area contributed by atoms with Gasteiger partial charge >= 0.3 is 6.18 Å². The van der Waals surface area contributed by atoms with Crippen molar-refractivity contribution in [2.45, 2.75) is 32.4 Å². The van der Waals surface area contributed by atoms with E-state index in [1.165, 1.54) is 18.2 Å². The normalized spacial score (nSPS) is 12.2. The van der Waals surface area contributed by atoms with E-state index in [0.717, 1.165) is 0 Å². The molecule has 0 fully saturated rings. The second kappa shape index (κ2) is 4.21. The molecule has 0 amide bonds. The third-order valence-electron chi connectivity index (χ3n) is 2.13. The van der Waals surface area contributed by atoms with E-state index in [1.807, 2.05) is 13.8 Å². The van der Waals surface area contributed by atoms with Crippen LogP contribution in [0.4, 0.5) is 17.6 Å². The molecule has 0 bridgehead atoms. The fourth-order valence-corrected chi connectivity index (χ4v) is 1.28. The SMILES string of the molecule is CC(C)c1ccc(CC(F)(F)F)c(F)c1. The summed E-state index contributed by atoms with van der Waals surface area (Å²) in [5.74, 6) is -0.669. The van der Waals surface area contributed by atoms with Gasteiger partial charge in [0.2, 0.25) is 0 Å². The Balaban J connectivity index is 2.94. The van der Waals surface area contributed by atoms with Crippen molar-refractivity contribution in [2.75, 3.05) is 0 Å². The fourth-order valence-electron chi connectivity index (χ4n) is 1.28. The summed E-state index contributed by atoms with van der Waals surface area (Å²) in [6, 6.07) is 3.92. The van der Waals surface area contributed by atoms with Crippen LogP contribution >= 0.6 is 0 Å². The molecule has 0 nitrogen and oxygen atoms in total. The molecule has 0 aromatic heterocycles. The molecule has 1 aromatic carbocycles. The average molecular weight is 220 g/mol. The molecular formula is C11H12F4. The van der Waals surface area contributed by atoms with E-state index in [2.05, 4.69) is 0 Å². The van der Waals surface area contributed by atoms with E-state index < -0.39 is 18.4 Å². The van der Waals surface area contributed by atoms with Gasteiger partial charge in [0, 0.05) is 0 Å². The lowest BCUT2D eigenvalue weighted by Gasteiger charge is -2.10. The zero-order valence-electron chi connectivity index (χ0n) is 8.53. The van der Waals surface area contributed by atoms with E-state index in [4.69, 9.17) is 0 Å². The Morgan fingerprint density at radius 3 is 2.20 bits per heavy atom. The molecule has 84 valence electrons. The van der Waals surface area contributed by atoms with Crippen molar-refractivity contribution < 1.29 is 17.6 Å². The molecule has 0 radical (unpaired) electrons. The fraction of sp³-hybridized carbons (Fsp3) is 0.455. The van der Waals surface area contributed by atoms with Gasteiger partial charge in [0.1, 0.15) is 5.82 Å². The number of alkyl halides is 3. The summed E-state index contributed by atoms with van der Waals surface area (Å²) >= 11 is 0. The lowest BCUT2D eigenvalue weighted by Crippen LogP contribution is -2.13. The Labute approximate surface area is 85.9 Å². The average Bonchev–Trinajstić information content (AvgIpc) is 2.05. The maximum atomic E-state index is 13.2. The number of benzene rings is 1. The Morgan fingerprint density at radius 1 is 1.20 bits per heavy atom. The molecule has 0 heterocycles. The van der Waals surface area contributed by atoms with Gasteiger partial charge in [0.25, 0.3) is 0 Å². The van der Waals surface area contributed by atoms with Crippen molar-refractivity contribution in [1.29, 1.82) is 0 Å². The first kappa shape index (κ1) is 12.0. The van der Waals surface area contributed by atoms with E-state index in [-0.39, 0.29) is 11.5 Å². The van der Waals surface area contributed by atoms with E-state index in [0.29, 0.717) is 5.56 Å². The molecule has 0 saturated heterocycles. The van der Waals surface area contributed by atoms with Crippen LogP contribution in [0.1, 0.15) is 30.9 Å². The molecule has 0 atom stereocenters. The van der Waals surface area contributed by atoms with Gasteiger partial charge < -0.3 is 0 Å². The second-order valence-electron chi connectivity index (χ2n) is 3.80. The first-order chi connectivity index (χ1) is 6.79. The van der Waals surface area contributed by atoms with E-state index in [9.17, 15) is 17.6 Å². The van der Waals surface area contributed by atoms with Gasteiger partial charge in [0.15, 0.2) is 0 Å². The maximum Gasteiger partial charge on any atom is 0.393 e. The summed E-state index contributed by atoms with van der Waals surface area (Å²) in [6.45, 7) is 3.72. The van der Waals surface area contributed by atoms with E-state index in [1.54, 1.807) is 0 Å². The summed E-state index contributed by atoms with van der Waals surface area (Å²) in [4.78, 5) is 0. The molecule has 15 heavy (non-hydrogen) atoms. The summed E-state index contributed by atoms with van der Waals surface area (Å²) in [5, 5.41) is 0. The molecule has 0 aliphatic carbocycles. The number of rotatable bonds is 2. The van der Waals surface area contributed by atoms with Crippen LogP contribution in [0.25, 0.3) is 0 Å². The lowest BCUT2D eigenvalue weighted by atomic mass is 10.0. The summed E-state index contributed by atoms with van der Waals surface area (Å²) < 4.78 is 49.3. The topological polar surface area (TPSA) is 0 Å². The largest absolute Gasteiger partial charge is 0.393 e. The van der Waals surface area contributed by atoms with Crippen LogP contribution in [0.5, 0.6) is 0 Å². The monoisotopic (exact) mass is 220 g/mol. The molecular weight excluding hydrogens is 208 g/mol. The van der Waals surface area contributed by atoms with E-state index >= 15 is 0 Å². The molecule has 4 heteroatoms. The van der Waals surface area contributed by atoms with Gasteiger partial charge in [0.05, 0.1) is 6.42 Å². The predicted octanol–water partition coefficient (Wildman–Crippen LogP) is 4.05. The van der Waals surface area contributed by atoms with Crippen LogP contribution in [-0.2, 0) is 6.42 Å². The summed E-state index contributed by atoms with van der Waals surface area (Å²) in [5.41, 5.74) is 0.408. The minimum absolute atomic E-state index is 0.111. The maximum absolute atomic E-state index is 13.2. The highest BCUT2D eigenvalue weighted by molar-refractivity contribution is 5.26. The van der Waals surface area contributed by atoms with Crippen LogP contribution in [0.15, 0.2) is 18.2 Å². The molecule has 0 aliphatic heterocycles. The molecule has 1 aromatic rings. The smallest absolute Gasteiger partial charge is 0.207 e. The minimum Gasteiger partial charge on any atom is -0.207 e. The van der Waals surface area contributed by atoms with Gasteiger partial charge in [-0.3, -0.25) is 0 Å². The van der Waals surface area contributed by atoms with Crippen molar-refractivity contribution in [2.24, 2.45) is 0 Å². The lowest BCUT2D eigenvalue weighted by molar-refractivity contribution is -0.127. The first-order valence-corrected chi connectivity index (χ1v) is 4.64. The Morgan fingerprint density at radius 2 is 1.80 bits per heavy atom. The molecule has 0 spiro atoms. The van der Waals surface area contributed by atoms with Crippen molar-refractivity contribution >= 4 is 0 Å². The first-order valence-electron chi connectivity index (χ1n) is 4.64.